The Labute approximate surface area is 241 Å². The van der Waals surface area contributed by atoms with E-state index in [4.69, 9.17) is 9.84 Å². The second kappa shape index (κ2) is 30.4. The molecule has 0 aliphatic rings. The molecule has 1 unspecified atom stereocenters. The number of ether oxygens (including phenoxy) is 1. The Morgan fingerprint density at radius 1 is 0.590 bits per heavy atom. The standard InChI is InChI=1S/C35H60O4/c1-3-5-7-9-11-13-15-16-17-18-20-22-24-26-28-30-35(38)39-33(31-32-34(36)37)29-27-25-23-21-19-14-12-10-8-6-4-2/h5,7,11,13,16-17,20,22,33H,3-4,6,8-10,12,14-15,18-19,21,23-32H2,1-2H3,(H,36,37)/b7-5-,13-11-,17-16-,22-20-. The number of rotatable bonds is 28. The van der Waals surface area contributed by atoms with Gasteiger partial charge in [-0.25, -0.2) is 0 Å². The minimum absolute atomic E-state index is 0.0574. The Kier molecular flexibility index (Phi) is 28.8. The van der Waals surface area contributed by atoms with Crippen molar-refractivity contribution in [2.75, 3.05) is 0 Å². The van der Waals surface area contributed by atoms with Crippen LogP contribution < -0.4 is 0 Å². The lowest BCUT2D eigenvalue weighted by molar-refractivity contribution is -0.151. The van der Waals surface area contributed by atoms with Gasteiger partial charge in [-0.05, 0) is 64.2 Å². The summed E-state index contributed by atoms with van der Waals surface area (Å²) in [5, 5.41) is 9.05. The lowest BCUT2D eigenvalue weighted by atomic mass is 10.0. The van der Waals surface area contributed by atoms with Crippen molar-refractivity contribution in [1.29, 1.82) is 0 Å². The van der Waals surface area contributed by atoms with Crippen molar-refractivity contribution in [1.82, 2.24) is 0 Å². The van der Waals surface area contributed by atoms with Crippen molar-refractivity contribution in [3.8, 4) is 0 Å². The molecule has 0 saturated heterocycles. The number of hydrogen-bond acceptors (Lipinski definition) is 3. The molecule has 0 spiro atoms. The Morgan fingerprint density at radius 2 is 1.10 bits per heavy atom. The monoisotopic (exact) mass is 544 g/mol. The molecule has 0 aromatic carbocycles. The van der Waals surface area contributed by atoms with Crippen molar-refractivity contribution >= 4 is 11.9 Å². The molecule has 4 heteroatoms. The molecule has 0 aromatic rings. The second-order valence-electron chi connectivity index (χ2n) is 10.6. The first kappa shape index (κ1) is 36.9. The van der Waals surface area contributed by atoms with Crippen LogP contribution in [-0.4, -0.2) is 23.1 Å². The van der Waals surface area contributed by atoms with Crippen LogP contribution in [0.1, 0.15) is 155 Å². The summed E-state index contributed by atoms with van der Waals surface area (Å²) < 4.78 is 5.67. The van der Waals surface area contributed by atoms with E-state index in [-0.39, 0.29) is 18.5 Å². The van der Waals surface area contributed by atoms with E-state index in [9.17, 15) is 9.59 Å². The molecule has 39 heavy (non-hydrogen) atoms. The summed E-state index contributed by atoms with van der Waals surface area (Å²) in [6.45, 7) is 4.40. The van der Waals surface area contributed by atoms with Crippen molar-refractivity contribution < 1.29 is 19.4 Å². The van der Waals surface area contributed by atoms with Gasteiger partial charge in [-0.1, -0.05) is 127 Å². The first-order valence-corrected chi connectivity index (χ1v) is 16.1. The molecule has 4 nitrogen and oxygen atoms in total. The van der Waals surface area contributed by atoms with Crippen LogP contribution in [0.4, 0.5) is 0 Å². The zero-order chi connectivity index (χ0) is 28.7. The Morgan fingerprint density at radius 3 is 1.64 bits per heavy atom. The topological polar surface area (TPSA) is 63.6 Å². The quantitative estimate of drug-likeness (QED) is 0.0604. The molecule has 1 atom stereocenters. The minimum atomic E-state index is -0.826. The molecular formula is C35H60O4. The molecule has 0 bridgehead atoms. The lowest BCUT2D eigenvalue weighted by Crippen LogP contribution is -2.19. The van der Waals surface area contributed by atoms with Crippen molar-refractivity contribution in [3.63, 3.8) is 0 Å². The SMILES string of the molecule is CC/C=C\C/C=C\C/C=C\C/C=C\CCCCC(=O)OC(CCCCCCCCCCCCC)CCC(=O)O. The molecule has 1 N–H and O–H groups in total. The van der Waals surface area contributed by atoms with Gasteiger partial charge in [0.15, 0.2) is 0 Å². The number of hydrogen-bond donors (Lipinski definition) is 1. The van der Waals surface area contributed by atoms with Gasteiger partial charge in [0.25, 0.3) is 0 Å². The summed E-state index contributed by atoms with van der Waals surface area (Å²) >= 11 is 0. The molecule has 0 amide bonds. The predicted molar refractivity (Wildman–Crippen MR) is 167 cm³/mol. The van der Waals surface area contributed by atoms with E-state index in [0.717, 1.165) is 64.2 Å². The molecule has 0 aromatic heterocycles. The average Bonchev–Trinajstić information content (AvgIpc) is 2.92. The van der Waals surface area contributed by atoms with Crippen molar-refractivity contribution in [2.24, 2.45) is 0 Å². The number of unbranched alkanes of at least 4 members (excludes halogenated alkanes) is 12. The molecular weight excluding hydrogens is 484 g/mol. The van der Waals surface area contributed by atoms with E-state index in [1.54, 1.807) is 0 Å². The van der Waals surface area contributed by atoms with E-state index in [1.165, 1.54) is 57.8 Å². The highest BCUT2D eigenvalue weighted by Crippen LogP contribution is 2.17. The number of carbonyl (C=O) groups is 2. The molecule has 0 heterocycles. The maximum absolute atomic E-state index is 12.3. The van der Waals surface area contributed by atoms with E-state index in [2.05, 4.69) is 62.5 Å². The molecule has 0 radical (unpaired) electrons. The van der Waals surface area contributed by atoms with E-state index < -0.39 is 5.97 Å². The Bertz CT molecular complexity index is 674. The zero-order valence-electron chi connectivity index (χ0n) is 25.4. The van der Waals surface area contributed by atoms with Crippen LogP contribution in [0.15, 0.2) is 48.6 Å². The summed E-state index contributed by atoms with van der Waals surface area (Å²) in [5.74, 6) is -1.01. The Hall–Kier alpha value is -2.10. The highest BCUT2D eigenvalue weighted by atomic mass is 16.5. The Balaban J connectivity index is 3.91. The van der Waals surface area contributed by atoms with Gasteiger partial charge in [0.2, 0.25) is 0 Å². The van der Waals surface area contributed by atoms with Crippen LogP contribution in [0.25, 0.3) is 0 Å². The first-order chi connectivity index (χ1) is 19.1. The fourth-order valence-corrected chi connectivity index (χ4v) is 4.46. The number of carbonyl (C=O) groups excluding carboxylic acids is 1. The van der Waals surface area contributed by atoms with Gasteiger partial charge >= 0.3 is 11.9 Å². The number of esters is 1. The fraction of sp³-hybridized carbons (Fsp3) is 0.714. The molecule has 0 aliphatic carbocycles. The number of carboxylic acid groups (broad SMARTS) is 1. The van der Waals surface area contributed by atoms with Gasteiger partial charge in [-0.15, -0.1) is 0 Å². The van der Waals surface area contributed by atoms with Crippen LogP contribution >= 0.6 is 0 Å². The maximum Gasteiger partial charge on any atom is 0.306 e. The van der Waals surface area contributed by atoms with E-state index in [0.29, 0.717) is 12.8 Å². The first-order valence-electron chi connectivity index (χ1n) is 16.1. The molecule has 0 rings (SSSR count). The third-order valence-corrected chi connectivity index (χ3v) is 6.83. The van der Waals surface area contributed by atoms with Gasteiger partial charge in [0.05, 0.1) is 0 Å². The van der Waals surface area contributed by atoms with Gasteiger partial charge in [0, 0.05) is 12.8 Å². The zero-order valence-corrected chi connectivity index (χ0v) is 25.4. The van der Waals surface area contributed by atoms with E-state index in [1.807, 2.05) is 0 Å². The van der Waals surface area contributed by atoms with Crippen LogP contribution in [0, 0.1) is 0 Å². The van der Waals surface area contributed by atoms with E-state index >= 15 is 0 Å². The molecule has 0 saturated carbocycles. The van der Waals surface area contributed by atoms with Crippen LogP contribution in [0.2, 0.25) is 0 Å². The van der Waals surface area contributed by atoms with Crippen LogP contribution in [0.5, 0.6) is 0 Å². The van der Waals surface area contributed by atoms with Crippen molar-refractivity contribution in [3.05, 3.63) is 48.6 Å². The predicted octanol–water partition coefficient (Wildman–Crippen LogP) is 10.8. The molecule has 0 fully saturated rings. The van der Waals surface area contributed by atoms with Gasteiger partial charge < -0.3 is 9.84 Å². The van der Waals surface area contributed by atoms with Gasteiger partial charge in [-0.2, -0.15) is 0 Å². The average molecular weight is 545 g/mol. The summed E-state index contributed by atoms with van der Waals surface area (Å²) in [7, 11) is 0. The fourth-order valence-electron chi connectivity index (χ4n) is 4.46. The lowest BCUT2D eigenvalue weighted by Gasteiger charge is -2.17. The summed E-state index contributed by atoms with van der Waals surface area (Å²) in [6, 6.07) is 0. The summed E-state index contributed by atoms with van der Waals surface area (Å²) in [6.07, 6.45) is 39.7. The van der Waals surface area contributed by atoms with Gasteiger partial charge in [-0.3, -0.25) is 9.59 Å². The number of carboxylic acids is 1. The maximum atomic E-state index is 12.3. The third kappa shape index (κ3) is 30.3. The normalized spacial score (nSPS) is 12.9. The minimum Gasteiger partial charge on any atom is -0.481 e. The molecule has 224 valence electrons. The number of aliphatic carboxylic acids is 1. The van der Waals surface area contributed by atoms with Crippen LogP contribution in [-0.2, 0) is 14.3 Å². The largest absolute Gasteiger partial charge is 0.481 e. The van der Waals surface area contributed by atoms with Gasteiger partial charge in [0.1, 0.15) is 6.10 Å². The highest BCUT2D eigenvalue weighted by molar-refractivity contribution is 5.69. The van der Waals surface area contributed by atoms with Crippen molar-refractivity contribution in [2.45, 2.75) is 161 Å². The van der Waals surface area contributed by atoms with Crippen LogP contribution in [0.3, 0.4) is 0 Å². The highest BCUT2D eigenvalue weighted by Gasteiger charge is 2.15. The molecule has 0 aliphatic heterocycles. The summed E-state index contributed by atoms with van der Waals surface area (Å²) in [4.78, 5) is 23.3. The third-order valence-electron chi connectivity index (χ3n) is 6.83. The smallest absolute Gasteiger partial charge is 0.306 e. The summed E-state index contributed by atoms with van der Waals surface area (Å²) in [5.41, 5.74) is 0. The second-order valence-corrected chi connectivity index (χ2v) is 10.6. The number of allylic oxidation sites excluding steroid dienone is 8.